The number of piperidine rings is 1. The lowest BCUT2D eigenvalue weighted by Gasteiger charge is -2.45. The highest BCUT2D eigenvalue weighted by molar-refractivity contribution is 5.98. The monoisotopic (exact) mass is 574 g/mol. The van der Waals surface area contributed by atoms with E-state index in [0.29, 0.717) is 36.3 Å². The van der Waals surface area contributed by atoms with Gasteiger partial charge in [0.1, 0.15) is 11.9 Å². The second kappa shape index (κ2) is 11.9. The van der Waals surface area contributed by atoms with Crippen molar-refractivity contribution in [2.45, 2.75) is 37.8 Å². The van der Waals surface area contributed by atoms with E-state index >= 15 is 4.39 Å². The van der Waals surface area contributed by atoms with Crippen LogP contribution in [-0.2, 0) is 26.3 Å². The van der Waals surface area contributed by atoms with Gasteiger partial charge in [0.2, 0.25) is 5.91 Å². The van der Waals surface area contributed by atoms with Gasteiger partial charge in [-0.3, -0.25) is 20.2 Å². The molecule has 3 aromatic carbocycles. The smallest absolute Gasteiger partial charge is 0.412 e. The molecule has 0 aromatic heterocycles. The average Bonchev–Trinajstić information content (AvgIpc) is 2.99. The van der Waals surface area contributed by atoms with E-state index in [2.05, 4.69) is 20.7 Å². The molecule has 0 aliphatic carbocycles. The molecule has 1 spiro atoms. The van der Waals surface area contributed by atoms with Gasteiger partial charge in [-0.1, -0.05) is 36.4 Å². The number of benzene rings is 3. The second-order valence-electron chi connectivity index (χ2n) is 10.4. The molecule has 1 fully saturated rings. The largest absolute Gasteiger partial charge is 0.453 e. The van der Waals surface area contributed by atoms with Gasteiger partial charge in [-0.25, -0.2) is 14.0 Å². The van der Waals surface area contributed by atoms with Crippen molar-refractivity contribution in [3.63, 3.8) is 0 Å². The number of methoxy groups -OCH3 is 1. The number of anilines is 2. The molecule has 0 saturated carbocycles. The van der Waals surface area contributed by atoms with Gasteiger partial charge in [0.05, 0.1) is 24.9 Å². The van der Waals surface area contributed by atoms with E-state index in [9.17, 15) is 19.2 Å². The number of halogens is 1. The molecule has 10 nitrogen and oxygen atoms in total. The fourth-order valence-corrected chi connectivity index (χ4v) is 5.48. The molecule has 1 saturated heterocycles. The Balaban J connectivity index is 1.40. The van der Waals surface area contributed by atoms with Crippen LogP contribution in [0.2, 0.25) is 0 Å². The molecule has 4 amide bonds. The average molecular weight is 575 g/mol. The van der Waals surface area contributed by atoms with Crippen molar-refractivity contribution in [2.24, 2.45) is 0 Å². The zero-order chi connectivity index (χ0) is 29.9. The number of nitrogens with zero attached hydrogens (tertiary/aromatic N) is 1. The minimum Gasteiger partial charge on any atom is -0.453 e. The van der Waals surface area contributed by atoms with Crippen molar-refractivity contribution < 1.29 is 33.0 Å². The van der Waals surface area contributed by atoms with Crippen LogP contribution in [0.5, 0.6) is 0 Å². The summed E-state index contributed by atoms with van der Waals surface area (Å²) >= 11 is 0. The number of nitrogens with one attached hydrogen (secondary N) is 3. The first-order valence-electron chi connectivity index (χ1n) is 13.6. The third-order valence-electron chi connectivity index (χ3n) is 7.55. The molecular weight excluding hydrogens is 543 g/mol. The van der Waals surface area contributed by atoms with Crippen molar-refractivity contribution >= 4 is 35.4 Å². The van der Waals surface area contributed by atoms with E-state index in [-0.39, 0.29) is 30.0 Å². The molecule has 3 N–H and O–H groups in total. The van der Waals surface area contributed by atoms with E-state index in [1.807, 2.05) is 30.3 Å². The predicted octanol–water partition coefficient (Wildman–Crippen LogP) is 4.73. The van der Waals surface area contributed by atoms with Gasteiger partial charge >= 0.3 is 12.2 Å². The molecule has 3 aromatic rings. The number of amides is 4. The minimum atomic E-state index is -1.36. The molecule has 2 aliphatic rings. The maximum Gasteiger partial charge on any atom is 0.412 e. The number of rotatable bonds is 6. The van der Waals surface area contributed by atoms with Crippen molar-refractivity contribution in [2.75, 3.05) is 30.8 Å². The number of likely N-dealkylation sites (tertiary alicyclic amines) is 1. The summed E-state index contributed by atoms with van der Waals surface area (Å²) in [6, 6.07) is 17.7. The maximum atomic E-state index is 15.5. The van der Waals surface area contributed by atoms with E-state index in [0.717, 1.165) is 5.56 Å². The van der Waals surface area contributed by atoms with Gasteiger partial charge in [0.25, 0.3) is 5.91 Å². The van der Waals surface area contributed by atoms with E-state index in [1.54, 1.807) is 31.2 Å². The summed E-state index contributed by atoms with van der Waals surface area (Å²) in [7, 11) is 1.25. The summed E-state index contributed by atoms with van der Waals surface area (Å²) in [5, 5.41) is 7.94. The topological polar surface area (TPSA) is 126 Å². The van der Waals surface area contributed by atoms with Gasteiger partial charge in [0, 0.05) is 24.2 Å². The van der Waals surface area contributed by atoms with Crippen LogP contribution in [0, 0.1) is 12.7 Å². The first-order chi connectivity index (χ1) is 20.2. The van der Waals surface area contributed by atoms with Gasteiger partial charge in [-0.05, 0) is 61.2 Å². The fraction of sp³-hybridized carbons (Fsp3) is 0.290. The third kappa shape index (κ3) is 5.90. The zero-order valence-corrected chi connectivity index (χ0v) is 23.2. The zero-order valence-electron chi connectivity index (χ0n) is 23.2. The molecular formula is C31H31FN4O6. The highest BCUT2D eigenvalue weighted by atomic mass is 19.1. The summed E-state index contributed by atoms with van der Waals surface area (Å²) in [6.45, 7) is 1.93. The van der Waals surface area contributed by atoms with Gasteiger partial charge < -0.3 is 19.7 Å². The Morgan fingerprint density at radius 3 is 2.55 bits per heavy atom. The Labute approximate surface area is 242 Å². The Bertz CT molecular complexity index is 1510. The molecule has 218 valence electrons. The SMILES string of the molecule is COC(=O)Nc1ccc(C(=O)N[C@@H](Cc2ccccc2)C(=O)N2CCC[C@@]3(C2)OC(=O)Nc2ccc(C)c(F)c23)cc1. The molecule has 42 heavy (non-hydrogen) atoms. The molecule has 0 unspecified atom stereocenters. The molecule has 0 radical (unpaired) electrons. The molecule has 2 heterocycles. The lowest BCUT2D eigenvalue weighted by Crippen LogP contribution is -2.58. The lowest BCUT2D eigenvalue weighted by molar-refractivity contribution is -0.141. The second-order valence-corrected chi connectivity index (χ2v) is 10.4. The van der Waals surface area contributed by atoms with Crippen molar-refractivity contribution in [1.29, 1.82) is 0 Å². The van der Waals surface area contributed by atoms with Crippen LogP contribution in [0.3, 0.4) is 0 Å². The normalized spacial score (nSPS) is 18.3. The Kier molecular flexibility index (Phi) is 8.10. The summed E-state index contributed by atoms with van der Waals surface area (Å²) in [5.74, 6) is -1.35. The van der Waals surface area contributed by atoms with Crippen LogP contribution in [0.1, 0.15) is 39.9 Å². The summed E-state index contributed by atoms with van der Waals surface area (Å²) in [5.41, 5.74) is 1.15. The number of carbonyl (C=O) groups excluding carboxylic acids is 4. The van der Waals surface area contributed by atoms with E-state index in [4.69, 9.17) is 4.74 Å². The predicted molar refractivity (Wildman–Crippen MR) is 153 cm³/mol. The Morgan fingerprint density at radius 1 is 1.10 bits per heavy atom. The quantitative estimate of drug-likeness (QED) is 0.391. The van der Waals surface area contributed by atoms with Crippen molar-refractivity contribution in [1.82, 2.24) is 10.2 Å². The molecule has 11 heteroatoms. The summed E-state index contributed by atoms with van der Waals surface area (Å²) < 4.78 is 25.8. The first-order valence-corrected chi connectivity index (χ1v) is 13.6. The van der Waals surface area contributed by atoms with Crippen LogP contribution in [0.4, 0.5) is 25.4 Å². The highest BCUT2D eigenvalue weighted by Crippen LogP contribution is 2.44. The Hall–Kier alpha value is -4.93. The Morgan fingerprint density at radius 2 is 1.83 bits per heavy atom. The summed E-state index contributed by atoms with van der Waals surface area (Å²) in [4.78, 5) is 52.8. The van der Waals surface area contributed by atoms with E-state index < -0.39 is 35.6 Å². The van der Waals surface area contributed by atoms with Crippen LogP contribution < -0.4 is 16.0 Å². The van der Waals surface area contributed by atoms with Crippen LogP contribution in [-0.4, -0.2) is 55.1 Å². The van der Waals surface area contributed by atoms with Crippen LogP contribution >= 0.6 is 0 Å². The molecule has 2 atom stereocenters. The number of hydrogen-bond acceptors (Lipinski definition) is 6. The number of hydrogen-bond donors (Lipinski definition) is 3. The highest BCUT2D eigenvalue weighted by Gasteiger charge is 2.49. The summed E-state index contributed by atoms with van der Waals surface area (Å²) in [6.07, 6.45) is -0.329. The lowest BCUT2D eigenvalue weighted by atomic mass is 9.82. The van der Waals surface area contributed by atoms with E-state index in [1.165, 1.54) is 24.1 Å². The van der Waals surface area contributed by atoms with Crippen molar-refractivity contribution in [3.05, 3.63) is 94.8 Å². The molecule has 0 bridgehead atoms. The molecule has 2 aliphatic heterocycles. The minimum absolute atomic E-state index is 0.0539. The number of fused-ring (bicyclic) bond motifs is 2. The number of aryl methyl sites for hydroxylation is 1. The molecule has 5 rings (SSSR count). The fourth-order valence-electron chi connectivity index (χ4n) is 5.48. The number of carbonyl (C=O) groups is 4. The maximum absolute atomic E-state index is 15.5. The van der Waals surface area contributed by atoms with Gasteiger partial charge in [-0.2, -0.15) is 0 Å². The standard InChI is InChI=1S/C31H31FN4O6/c1-19-9-14-23-25(26(19)32)31(42-30(40)35-23)15-6-16-36(18-31)28(38)24(17-20-7-4-3-5-8-20)34-27(37)21-10-12-22(13-11-21)33-29(39)41-2/h3-5,7-14,24H,6,15-18H2,1-2H3,(H,33,39)(H,34,37)(H,35,40)/t24-,31-/m0/s1. The van der Waals surface area contributed by atoms with Crippen molar-refractivity contribution in [3.8, 4) is 0 Å². The van der Waals surface area contributed by atoms with Gasteiger partial charge in [0.15, 0.2) is 5.60 Å². The van der Waals surface area contributed by atoms with Gasteiger partial charge in [-0.15, -0.1) is 0 Å². The van der Waals surface area contributed by atoms with Crippen LogP contribution in [0.25, 0.3) is 0 Å². The van der Waals surface area contributed by atoms with Crippen LogP contribution in [0.15, 0.2) is 66.7 Å². The number of ether oxygens (including phenoxy) is 2. The third-order valence-corrected chi connectivity index (χ3v) is 7.55. The first kappa shape index (κ1) is 28.6.